The van der Waals surface area contributed by atoms with Crippen molar-refractivity contribution in [3.05, 3.63) is 48.2 Å². The number of allylic oxidation sites excluding steroid dienone is 1. The summed E-state index contributed by atoms with van der Waals surface area (Å²) < 4.78 is 45.5. The smallest absolute Gasteiger partial charge is 0.355 e. The van der Waals surface area contributed by atoms with E-state index in [1.807, 2.05) is 6.07 Å². The van der Waals surface area contributed by atoms with E-state index in [4.69, 9.17) is 44.3 Å². The lowest BCUT2D eigenvalue weighted by Crippen LogP contribution is -2.57. The van der Waals surface area contributed by atoms with E-state index in [1.54, 1.807) is 52.0 Å². The second kappa shape index (κ2) is 12.2. The van der Waals surface area contributed by atoms with E-state index in [1.165, 1.54) is 13.2 Å². The summed E-state index contributed by atoms with van der Waals surface area (Å²) in [6, 6.07) is 8.89. The SMILES string of the molecule is C#C[C@@]1(OCOC)[C@@H](COC(Cc2ccccc2)(C(=O)OC=CC)C(=O)OCC)O[C@@H]2OC(C)(C)O[C@@H]21. The van der Waals surface area contributed by atoms with E-state index in [-0.39, 0.29) is 26.4 Å². The van der Waals surface area contributed by atoms with Crippen molar-refractivity contribution in [2.75, 3.05) is 27.1 Å². The third-order valence-electron chi connectivity index (χ3n) is 5.92. The molecule has 0 bridgehead atoms. The van der Waals surface area contributed by atoms with Crippen molar-refractivity contribution in [3.63, 3.8) is 0 Å². The lowest BCUT2D eigenvalue weighted by Gasteiger charge is -2.35. The lowest BCUT2D eigenvalue weighted by atomic mass is 9.91. The van der Waals surface area contributed by atoms with Crippen LogP contribution in [0.25, 0.3) is 0 Å². The highest BCUT2D eigenvalue weighted by atomic mass is 16.9. The van der Waals surface area contributed by atoms with Gasteiger partial charge in [0.05, 0.1) is 19.5 Å². The van der Waals surface area contributed by atoms with Crippen LogP contribution in [0.5, 0.6) is 0 Å². The van der Waals surface area contributed by atoms with Gasteiger partial charge in [0.2, 0.25) is 0 Å². The van der Waals surface area contributed by atoms with Crippen molar-refractivity contribution in [3.8, 4) is 12.3 Å². The topological polar surface area (TPSA) is 108 Å². The number of methoxy groups -OCH3 is 1. The van der Waals surface area contributed by atoms with Crippen LogP contribution in [0.15, 0.2) is 42.7 Å². The predicted octanol–water partition coefficient (Wildman–Crippen LogP) is 2.49. The minimum Gasteiger partial charge on any atom is -0.463 e. The molecular formula is C27H34O10. The van der Waals surface area contributed by atoms with Crippen LogP contribution in [-0.2, 0) is 53.9 Å². The van der Waals surface area contributed by atoms with Gasteiger partial charge in [0.15, 0.2) is 23.8 Å². The molecule has 5 atom stereocenters. The molecule has 2 saturated heterocycles. The zero-order chi connectivity index (χ0) is 27.1. The van der Waals surface area contributed by atoms with Gasteiger partial charge in [-0.3, -0.25) is 0 Å². The molecule has 0 N–H and O–H groups in total. The molecule has 0 amide bonds. The minimum atomic E-state index is -2.17. The lowest BCUT2D eigenvalue weighted by molar-refractivity contribution is -0.247. The maximum Gasteiger partial charge on any atom is 0.355 e. The maximum atomic E-state index is 13.4. The number of hydrogen-bond acceptors (Lipinski definition) is 10. The summed E-state index contributed by atoms with van der Waals surface area (Å²) in [5.74, 6) is -0.222. The number of benzene rings is 1. The van der Waals surface area contributed by atoms with Gasteiger partial charge in [-0.15, -0.1) is 6.42 Å². The second-order valence-corrected chi connectivity index (χ2v) is 8.93. The predicted molar refractivity (Wildman–Crippen MR) is 130 cm³/mol. The van der Waals surface area contributed by atoms with Gasteiger partial charge >= 0.3 is 11.9 Å². The van der Waals surface area contributed by atoms with Crippen LogP contribution >= 0.6 is 0 Å². The van der Waals surface area contributed by atoms with E-state index in [9.17, 15) is 9.59 Å². The number of hydrogen-bond donors (Lipinski definition) is 0. The summed E-state index contributed by atoms with van der Waals surface area (Å²) in [6.45, 7) is 6.22. The zero-order valence-corrected chi connectivity index (χ0v) is 21.8. The highest BCUT2D eigenvalue weighted by Gasteiger charge is 2.65. The molecule has 10 heteroatoms. The number of esters is 2. The van der Waals surface area contributed by atoms with Crippen molar-refractivity contribution in [1.82, 2.24) is 0 Å². The van der Waals surface area contributed by atoms with Gasteiger partial charge in [0.25, 0.3) is 5.60 Å². The number of rotatable bonds is 12. The highest BCUT2D eigenvalue weighted by Crippen LogP contribution is 2.45. The molecule has 1 aromatic rings. The standard InChI is InChI=1S/C27H34O10/c1-7-15-32-24(29)27(23(28)31-9-3,16-19-13-11-10-12-14-19)33-17-20-26(8-2,34-18-30-6)21-22(35-20)37-25(4,5)36-21/h2,7,10-15,20-22H,9,16-18H2,1,3-6H3/t20-,21+,22-,26-,27?/m1/s1. The van der Waals surface area contributed by atoms with E-state index in [2.05, 4.69) is 5.92 Å². The van der Waals surface area contributed by atoms with Crippen LogP contribution in [0.4, 0.5) is 0 Å². The quantitative estimate of drug-likeness (QED) is 0.135. The first-order valence-electron chi connectivity index (χ1n) is 12.0. The second-order valence-electron chi connectivity index (χ2n) is 8.93. The minimum absolute atomic E-state index is 0.0156. The Hall–Kier alpha value is -2.78. The van der Waals surface area contributed by atoms with Gasteiger partial charge in [-0.05, 0) is 33.3 Å². The zero-order valence-electron chi connectivity index (χ0n) is 21.8. The van der Waals surface area contributed by atoms with Gasteiger partial charge in [-0.25, -0.2) is 9.59 Å². The summed E-state index contributed by atoms with van der Waals surface area (Å²) in [4.78, 5) is 26.7. The number of ether oxygens (including phenoxy) is 8. The molecule has 37 heavy (non-hydrogen) atoms. The molecule has 202 valence electrons. The van der Waals surface area contributed by atoms with Crippen LogP contribution in [0.1, 0.15) is 33.3 Å². The van der Waals surface area contributed by atoms with Crippen LogP contribution in [-0.4, -0.2) is 74.5 Å². The van der Waals surface area contributed by atoms with E-state index >= 15 is 0 Å². The number of carbonyl (C=O) groups excluding carboxylic acids is 2. The van der Waals surface area contributed by atoms with Crippen LogP contribution in [0.3, 0.4) is 0 Å². The fraction of sp³-hybridized carbons (Fsp3) is 0.556. The van der Waals surface area contributed by atoms with E-state index in [0.29, 0.717) is 5.56 Å². The van der Waals surface area contributed by atoms with Crippen LogP contribution in [0.2, 0.25) is 0 Å². The largest absolute Gasteiger partial charge is 0.463 e. The van der Waals surface area contributed by atoms with Crippen molar-refractivity contribution in [2.24, 2.45) is 0 Å². The molecule has 2 heterocycles. The van der Waals surface area contributed by atoms with Crippen molar-refractivity contribution >= 4 is 11.9 Å². The van der Waals surface area contributed by atoms with Gasteiger partial charge < -0.3 is 37.9 Å². The molecular weight excluding hydrogens is 484 g/mol. The molecule has 0 spiro atoms. The molecule has 2 aliphatic heterocycles. The first kappa shape index (κ1) is 28.8. The number of fused-ring (bicyclic) bond motifs is 1. The average molecular weight is 519 g/mol. The van der Waals surface area contributed by atoms with Gasteiger partial charge in [0, 0.05) is 13.5 Å². The van der Waals surface area contributed by atoms with Gasteiger partial charge in [-0.2, -0.15) is 0 Å². The summed E-state index contributed by atoms with van der Waals surface area (Å²) >= 11 is 0. The fourth-order valence-corrected chi connectivity index (χ4v) is 4.25. The summed E-state index contributed by atoms with van der Waals surface area (Å²) in [5.41, 5.74) is -3.03. The Bertz CT molecular complexity index is 1000. The molecule has 0 aliphatic carbocycles. The first-order valence-corrected chi connectivity index (χ1v) is 12.0. The molecule has 0 aromatic heterocycles. The van der Waals surface area contributed by atoms with Crippen molar-refractivity contribution in [1.29, 1.82) is 0 Å². The molecule has 3 rings (SSSR count). The molecule has 1 aromatic carbocycles. The average Bonchev–Trinajstić information content (AvgIpc) is 3.33. The molecule has 2 aliphatic rings. The highest BCUT2D eigenvalue weighted by molar-refractivity contribution is 6.04. The Morgan fingerprint density at radius 3 is 2.54 bits per heavy atom. The molecule has 0 radical (unpaired) electrons. The van der Waals surface area contributed by atoms with E-state index < -0.39 is 47.4 Å². The van der Waals surface area contributed by atoms with Crippen molar-refractivity contribution < 1.29 is 47.5 Å². The summed E-state index contributed by atoms with van der Waals surface area (Å²) in [6.07, 6.45) is 5.76. The monoisotopic (exact) mass is 518 g/mol. The molecule has 10 nitrogen and oxygen atoms in total. The Balaban J connectivity index is 1.97. The Kier molecular flexibility index (Phi) is 9.47. The van der Waals surface area contributed by atoms with Gasteiger partial charge in [0.1, 0.15) is 12.9 Å². The van der Waals surface area contributed by atoms with Crippen LogP contribution in [0, 0.1) is 12.3 Å². The van der Waals surface area contributed by atoms with Gasteiger partial charge in [-0.1, -0.05) is 42.3 Å². The first-order chi connectivity index (χ1) is 17.7. The number of carbonyl (C=O) groups is 2. The Morgan fingerprint density at radius 2 is 1.92 bits per heavy atom. The van der Waals surface area contributed by atoms with E-state index in [0.717, 1.165) is 6.26 Å². The summed E-state index contributed by atoms with van der Waals surface area (Å²) in [7, 11) is 1.45. The van der Waals surface area contributed by atoms with Crippen molar-refractivity contribution in [2.45, 2.75) is 69.6 Å². The Morgan fingerprint density at radius 1 is 1.19 bits per heavy atom. The third-order valence-corrected chi connectivity index (χ3v) is 5.92. The molecule has 1 unspecified atom stereocenters. The molecule has 0 saturated carbocycles. The maximum absolute atomic E-state index is 13.4. The number of terminal acetylenes is 1. The third kappa shape index (κ3) is 6.04. The molecule has 2 fully saturated rings. The summed E-state index contributed by atoms with van der Waals surface area (Å²) in [5, 5.41) is 0. The fourth-order valence-electron chi connectivity index (χ4n) is 4.25. The Labute approximate surface area is 217 Å². The normalized spacial score (nSPS) is 27.8. The van der Waals surface area contributed by atoms with Crippen LogP contribution < -0.4 is 0 Å².